The fraction of sp³-hybridized carbons (Fsp3) is 0.320. The average molecular weight is 446 g/mol. The molecule has 2 aromatic heterocycles. The maximum Gasteiger partial charge on any atom is 0.274 e. The number of hydrogen-bond acceptors (Lipinski definition) is 6. The first-order valence-corrected chi connectivity index (χ1v) is 11.1. The lowest BCUT2D eigenvalue weighted by Crippen LogP contribution is -2.37. The molecular formula is C25H27N5O3. The molecule has 0 unspecified atom stereocenters. The molecule has 1 N–H and O–H groups in total. The van der Waals surface area contributed by atoms with Gasteiger partial charge in [0.15, 0.2) is 0 Å². The van der Waals surface area contributed by atoms with Crippen LogP contribution >= 0.6 is 0 Å². The van der Waals surface area contributed by atoms with E-state index in [9.17, 15) is 9.90 Å². The Kier molecular flexibility index (Phi) is 5.70. The number of aliphatic hydroxyl groups is 1. The van der Waals surface area contributed by atoms with Crippen LogP contribution in [0.4, 0.5) is 5.95 Å². The van der Waals surface area contributed by atoms with E-state index in [2.05, 4.69) is 14.9 Å². The average Bonchev–Trinajstić information content (AvgIpc) is 3.10. The Balaban J connectivity index is 1.52. The Bertz CT molecular complexity index is 1350. The zero-order valence-corrected chi connectivity index (χ0v) is 18.9. The van der Waals surface area contributed by atoms with Gasteiger partial charge in [0.1, 0.15) is 0 Å². The van der Waals surface area contributed by atoms with Crippen LogP contribution in [-0.2, 0) is 24.9 Å². The van der Waals surface area contributed by atoms with E-state index in [0.29, 0.717) is 31.1 Å². The molecule has 5 rings (SSSR count). The normalized spacial score (nSPS) is 14.2. The van der Waals surface area contributed by atoms with E-state index in [-0.39, 0.29) is 12.2 Å². The quantitative estimate of drug-likeness (QED) is 0.508. The number of aromatic nitrogens is 4. The van der Waals surface area contributed by atoms with Crippen LogP contribution in [-0.4, -0.2) is 50.7 Å². The summed E-state index contributed by atoms with van der Waals surface area (Å²) in [5.41, 5.74) is 5.71. The van der Waals surface area contributed by atoms with Gasteiger partial charge >= 0.3 is 0 Å². The molecule has 1 aliphatic heterocycles. The van der Waals surface area contributed by atoms with Gasteiger partial charge in [0.2, 0.25) is 5.95 Å². The molecule has 1 saturated heterocycles. The number of benzene rings is 2. The van der Waals surface area contributed by atoms with Crippen molar-refractivity contribution < 1.29 is 9.84 Å². The number of nitrogens with zero attached hydrogens (tertiary/aromatic N) is 5. The number of aliphatic hydroxyl groups excluding tert-OH is 1. The first kappa shape index (κ1) is 21.4. The van der Waals surface area contributed by atoms with Crippen LogP contribution in [0.25, 0.3) is 22.0 Å². The third-order valence-electron chi connectivity index (χ3n) is 6.34. The summed E-state index contributed by atoms with van der Waals surface area (Å²) in [5.74, 6) is 0.707. The number of anilines is 1. The first-order valence-electron chi connectivity index (χ1n) is 11.1. The zero-order valence-electron chi connectivity index (χ0n) is 18.9. The van der Waals surface area contributed by atoms with Gasteiger partial charge in [0, 0.05) is 38.1 Å². The molecule has 0 radical (unpaired) electrons. The molecule has 0 aliphatic carbocycles. The summed E-state index contributed by atoms with van der Waals surface area (Å²) in [5, 5.41) is 10.2. The topological polar surface area (TPSA) is 85.4 Å². The van der Waals surface area contributed by atoms with Crippen LogP contribution < -0.4 is 10.5 Å². The van der Waals surface area contributed by atoms with Crippen molar-refractivity contribution in [3.05, 3.63) is 75.8 Å². The van der Waals surface area contributed by atoms with E-state index in [0.717, 1.165) is 46.4 Å². The highest BCUT2D eigenvalue weighted by molar-refractivity contribution is 5.84. The van der Waals surface area contributed by atoms with Crippen molar-refractivity contribution in [2.75, 3.05) is 31.2 Å². The minimum absolute atomic E-state index is 0.0107. The second kappa shape index (κ2) is 8.80. The summed E-state index contributed by atoms with van der Waals surface area (Å²) in [4.78, 5) is 24.1. The Labute approximate surface area is 191 Å². The highest BCUT2D eigenvalue weighted by atomic mass is 16.5. The van der Waals surface area contributed by atoms with Gasteiger partial charge in [-0.2, -0.15) is 0 Å². The fourth-order valence-electron chi connectivity index (χ4n) is 4.29. The smallest absolute Gasteiger partial charge is 0.274 e. The van der Waals surface area contributed by atoms with Crippen LogP contribution in [0.5, 0.6) is 0 Å². The van der Waals surface area contributed by atoms with E-state index < -0.39 is 0 Å². The number of hydrogen-bond donors (Lipinski definition) is 1. The molecule has 1 fully saturated rings. The summed E-state index contributed by atoms with van der Waals surface area (Å²) >= 11 is 0. The molecule has 1 aliphatic rings. The van der Waals surface area contributed by atoms with Gasteiger partial charge in [0.05, 0.1) is 37.3 Å². The van der Waals surface area contributed by atoms with E-state index in [1.54, 1.807) is 11.7 Å². The Morgan fingerprint density at radius 2 is 1.79 bits per heavy atom. The first-order chi connectivity index (χ1) is 16.0. The highest BCUT2D eigenvalue weighted by Gasteiger charge is 2.16. The number of aryl methyl sites for hydroxylation is 1. The highest BCUT2D eigenvalue weighted by Crippen LogP contribution is 2.25. The summed E-state index contributed by atoms with van der Waals surface area (Å²) < 4.78 is 9.03. The van der Waals surface area contributed by atoms with Gasteiger partial charge in [-0.1, -0.05) is 24.3 Å². The summed E-state index contributed by atoms with van der Waals surface area (Å²) in [6, 6.07) is 11.8. The van der Waals surface area contributed by atoms with Crippen LogP contribution in [0.2, 0.25) is 0 Å². The lowest BCUT2D eigenvalue weighted by Gasteiger charge is -2.26. The molecule has 0 spiro atoms. The van der Waals surface area contributed by atoms with Crippen molar-refractivity contribution in [3.63, 3.8) is 0 Å². The molecule has 0 amide bonds. The monoisotopic (exact) mass is 445 g/mol. The van der Waals surface area contributed by atoms with Crippen LogP contribution in [0.15, 0.2) is 53.6 Å². The fourth-order valence-corrected chi connectivity index (χ4v) is 4.29. The minimum Gasteiger partial charge on any atom is -0.392 e. The third kappa shape index (κ3) is 4.03. The maximum absolute atomic E-state index is 12.9. The molecule has 4 aromatic rings. The largest absolute Gasteiger partial charge is 0.392 e. The zero-order chi connectivity index (χ0) is 22.9. The lowest BCUT2D eigenvalue weighted by molar-refractivity contribution is 0.122. The Morgan fingerprint density at radius 1 is 1.03 bits per heavy atom. The maximum atomic E-state index is 12.9. The van der Waals surface area contributed by atoms with Crippen molar-refractivity contribution in [1.82, 2.24) is 19.3 Å². The predicted octanol–water partition coefficient (Wildman–Crippen LogP) is 2.48. The van der Waals surface area contributed by atoms with Crippen LogP contribution in [0.3, 0.4) is 0 Å². The SMILES string of the molecule is Cc1ccc(CO)cc1Cn1c2cc(-c3cnc(N4CCOCC4)nc3)ccc2c(=O)n1C. The lowest BCUT2D eigenvalue weighted by atomic mass is 10.0. The third-order valence-corrected chi connectivity index (χ3v) is 6.34. The second-order valence-corrected chi connectivity index (χ2v) is 8.41. The van der Waals surface area contributed by atoms with Crippen LogP contribution in [0, 0.1) is 6.92 Å². The molecule has 2 aromatic carbocycles. The summed E-state index contributed by atoms with van der Waals surface area (Å²) in [6.45, 7) is 5.52. The molecule has 8 heteroatoms. The van der Waals surface area contributed by atoms with Crippen molar-refractivity contribution in [2.45, 2.75) is 20.1 Å². The predicted molar refractivity (Wildman–Crippen MR) is 127 cm³/mol. The second-order valence-electron chi connectivity index (χ2n) is 8.41. The minimum atomic E-state index is -0.0357. The van der Waals surface area contributed by atoms with Gasteiger partial charge in [-0.15, -0.1) is 0 Å². The van der Waals surface area contributed by atoms with Crippen molar-refractivity contribution in [3.8, 4) is 11.1 Å². The Hall–Kier alpha value is -3.49. The standard InChI is InChI=1S/C25H27N5O3/c1-17-3-4-18(16-31)11-20(17)15-30-23-12-19(5-6-22(23)24(32)28(30)2)21-13-26-25(27-14-21)29-7-9-33-10-8-29/h3-6,11-14,31H,7-10,15-16H2,1-2H3. The van der Waals surface area contributed by atoms with E-state index in [4.69, 9.17) is 4.74 Å². The van der Waals surface area contributed by atoms with E-state index >= 15 is 0 Å². The molecule has 170 valence electrons. The van der Waals surface area contributed by atoms with Gasteiger partial charge in [-0.25, -0.2) is 9.97 Å². The van der Waals surface area contributed by atoms with E-state index in [1.165, 1.54) is 0 Å². The van der Waals surface area contributed by atoms with Gasteiger partial charge < -0.3 is 14.7 Å². The van der Waals surface area contributed by atoms with Crippen molar-refractivity contribution in [1.29, 1.82) is 0 Å². The van der Waals surface area contributed by atoms with Gasteiger partial charge in [-0.3, -0.25) is 14.2 Å². The van der Waals surface area contributed by atoms with Crippen molar-refractivity contribution in [2.24, 2.45) is 7.05 Å². The Morgan fingerprint density at radius 3 is 2.52 bits per heavy atom. The summed E-state index contributed by atoms with van der Waals surface area (Å²) in [7, 11) is 1.79. The number of rotatable bonds is 5. The molecule has 0 bridgehead atoms. The molecule has 0 atom stereocenters. The molecule has 8 nitrogen and oxygen atoms in total. The molecule has 33 heavy (non-hydrogen) atoms. The van der Waals surface area contributed by atoms with Gasteiger partial charge in [0.25, 0.3) is 5.56 Å². The summed E-state index contributed by atoms with van der Waals surface area (Å²) in [6.07, 6.45) is 3.67. The van der Waals surface area contributed by atoms with E-state index in [1.807, 2.05) is 60.4 Å². The molecular weight excluding hydrogens is 418 g/mol. The molecule has 3 heterocycles. The van der Waals surface area contributed by atoms with Crippen LogP contribution in [0.1, 0.15) is 16.7 Å². The number of ether oxygens (including phenoxy) is 1. The molecule has 0 saturated carbocycles. The van der Waals surface area contributed by atoms with Crippen molar-refractivity contribution >= 4 is 16.9 Å². The number of fused-ring (bicyclic) bond motifs is 1. The van der Waals surface area contributed by atoms with Gasteiger partial charge in [-0.05, 0) is 41.3 Å². The number of morpholine rings is 1.